The molecule has 0 aliphatic carbocycles. The maximum absolute atomic E-state index is 12.7. The van der Waals surface area contributed by atoms with Crippen molar-refractivity contribution in [1.82, 2.24) is 10.6 Å². The third-order valence-corrected chi connectivity index (χ3v) is 4.36. The number of amides is 2. The zero-order valence-electron chi connectivity index (χ0n) is 15.2. The van der Waals surface area contributed by atoms with E-state index in [9.17, 15) is 9.59 Å². The second kappa shape index (κ2) is 9.06. The van der Waals surface area contributed by atoms with Crippen LogP contribution >= 0.6 is 11.6 Å². The molecule has 3 aromatic rings. The van der Waals surface area contributed by atoms with E-state index in [1.165, 1.54) is 6.26 Å². The predicted molar refractivity (Wildman–Crippen MR) is 109 cm³/mol. The fourth-order valence-corrected chi connectivity index (χ4v) is 2.67. The molecule has 0 aliphatic heterocycles. The topological polar surface area (TPSA) is 71.3 Å². The molecule has 5 nitrogen and oxygen atoms in total. The predicted octanol–water partition coefficient (Wildman–Crippen LogP) is 4.33. The lowest BCUT2D eigenvalue weighted by Gasteiger charge is -2.11. The van der Waals surface area contributed by atoms with Crippen LogP contribution < -0.4 is 10.6 Å². The van der Waals surface area contributed by atoms with Gasteiger partial charge in [0, 0.05) is 10.6 Å². The molecule has 0 bridgehead atoms. The van der Waals surface area contributed by atoms with Gasteiger partial charge in [-0.3, -0.25) is 9.59 Å². The molecule has 0 atom stereocenters. The molecule has 2 N–H and O–H groups in total. The van der Waals surface area contributed by atoms with Gasteiger partial charge in [0.1, 0.15) is 11.5 Å². The number of carbonyl (C=O) groups is 2. The average Bonchev–Trinajstić information content (AvgIpc) is 3.21. The molecule has 1 heterocycles. The van der Waals surface area contributed by atoms with Crippen molar-refractivity contribution >= 4 is 29.5 Å². The summed E-state index contributed by atoms with van der Waals surface area (Å²) in [5, 5.41) is 5.89. The molecule has 0 saturated heterocycles. The second-order valence-electron chi connectivity index (χ2n) is 6.16. The highest BCUT2D eigenvalue weighted by atomic mass is 35.5. The van der Waals surface area contributed by atoms with E-state index >= 15 is 0 Å². The van der Waals surface area contributed by atoms with Crippen molar-refractivity contribution in [1.29, 1.82) is 0 Å². The van der Waals surface area contributed by atoms with E-state index < -0.39 is 5.91 Å². The largest absolute Gasteiger partial charge is 0.467 e. The second-order valence-corrected chi connectivity index (χ2v) is 6.57. The Hall–Kier alpha value is -3.31. The van der Waals surface area contributed by atoms with Gasteiger partial charge < -0.3 is 15.1 Å². The van der Waals surface area contributed by atoms with Gasteiger partial charge in [0.15, 0.2) is 0 Å². The van der Waals surface area contributed by atoms with E-state index in [-0.39, 0.29) is 18.1 Å². The Morgan fingerprint density at radius 1 is 1.04 bits per heavy atom. The van der Waals surface area contributed by atoms with Gasteiger partial charge in [0.05, 0.1) is 12.8 Å². The summed E-state index contributed by atoms with van der Waals surface area (Å²) in [6.07, 6.45) is 3.08. The first kappa shape index (κ1) is 19.5. The van der Waals surface area contributed by atoms with E-state index in [1.807, 2.05) is 19.1 Å². The van der Waals surface area contributed by atoms with Crippen molar-refractivity contribution in [3.05, 3.63) is 100 Å². The molecule has 0 saturated carbocycles. The zero-order chi connectivity index (χ0) is 19.9. The number of aryl methyl sites for hydroxylation is 1. The Balaban J connectivity index is 1.83. The molecule has 0 aliphatic rings. The lowest BCUT2D eigenvalue weighted by molar-refractivity contribution is -0.118. The first-order chi connectivity index (χ1) is 13.5. The highest BCUT2D eigenvalue weighted by Gasteiger charge is 2.15. The van der Waals surface area contributed by atoms with E-state index in [0.29, 0.717) is 21.9 Å². The fraction of sp³-hybridized carbons (Fsp3) is 0.0909. The van der Waals surface area contributed by atoms with Crippen molar-refractivity contribution in [2.45, 2.75) is 13.5 Å². The smallest absolute Gasteiger partial charge is 0.268 e. The lowest BCUT2D eigenvalue weighted by atomic mass is 10.1. The van der Waals surface area contributed by atoms with E-state index in [2.05, 4.69) is 10.6 Å². The SMILES string of the molecule is Cc1ccc(C(=O)N/C(=C/c2ccccc2Cl)C(=O)NCc2ccco2)cc1. The van der Waals surface area contributed by atoms with Gasteiger partial charge in [-0.1, -0.05) is 47.5 Å². The van der Waals surface area contributed by atoms with Crippen LogP contribution in [-0.2, 0) is 11.3 Å². The summed E-state index contributed by atoms with van der Waals surface area (Å²) in [5.74, 6) is -0.224. The third kappa shape index (κ3) is 5.11. The van der Waals surface area contributed by atoms with E-state index in [1.54, 1.807) is 54.6 Å². The number of halogens is 1. The zero-order valence-corrected chi connectivity index (χ0v) is 16.0. The molecule has 0 unspecified atom stereocenters. The number of nitrogens with one attached hydrogen (secondary N) is 2. The number of hydrogen-bond acceptors (Lipinski definition) is 3. The van der Waals surface area contributed by atoms with Crippen LogP contribution in [0, 0.1) is 6.92 Å². The van der Waals surface area contributed by atoms with E-state index in [0.717, 1.165) is 5.56 Å². The Morgan fingerprint density at radius 2 is 1.79 bits per heavy atom. The van der Waals surface area contributed by atoms with Gasteiger partial charge in [-0.15, -0.1) is 0 Å². The summed E-state index contributed by atoms with van der Waals surface area (Å²) in [5.41, 5.74) is 2.20. The van der Waals surface area contributed by atoms with Crippen LogP contribution in [-0.4, -0.2) is 11.8 Å². The van der Waals surface area contributed by atoms with Crippen molar-refractivity contribution in [2.75, 3.05) is 0 Å². The van der Waals surface area contributed by atoms with Crippen LogP contribution in [0.15, 0.2) is 77.0 Å². The quantitative estimate of drug-likeness (QED) is 0.611. The number of rotatable bonds is 6. The Bertz CT molecular complexity index is 993. The molecule has 3 rings (SSSR count). The Labute approximate surface area is 168 Å². The molecule has 28 heavy (non-hydrogen) atoms. The summed E-state index contributed by atoms with van der Waals surface area (Å²) in [7, 11) is 0. The van der Waals surface area contributed by atoms with Crippen LogP contribution in [0.3, 0.4) is 0 Å². The van der Waals surface area contributed by atoms with Crippen LogP contribution in [0.1, 0.15) is 27.2 Å². The molecule has 6 heteroatoms. The van der Waals surface area contributed by atoms with Crippen LogP contribution in [0.5, 0.6) is 0 Å². The van der Waals surface area contributed by atoms with Gasteiger partial charge in [0.2, 0.25) is 0 Å². The molecular weight excluding hydrogens is 376 g/mol. The minimum Gasteiger partial charge on any atom is -0.467 e. The highest BCUT2D eigenvalue weighted by molar-refractivity contribution is 6.32. The molecular formula is C22H19ClN2O3. The molecule has 142 valence electrons. The molecule has 2 amide bonds. The van der Waals surface area contributed by atoms with Crippen molar-refractivity contribution in [2.24, 2.45) is 0 Å². The minimum absolute atomic E-state index is 0.0882. The summed E-state index contributed by atoms with van der Waals surface area (Å²) >= 11 is 6.20. The van der Waals surface area contributed by atoms with Crippen molar-refractivity contribution in [3.8, 4) is 0 Å². The average molecular weight is 395 g/mol. The third-order valence-electron chi connectivity index (χ3n) is 4.01. The van der Waals surface area contributed by atoms with Crippen molar-refractivity contribution in [3.63, 3.8) is 0 Å². The Morgan fingerprint density at radius 3 is 2.46 bits per heavy atom. The molecule has 0 spiro atoms. The van der Waals surface area contributed by atoms with Crippen LogP contribution in [0.25, 0.3) is 6.08 Å². The molecule has 0 fully saturated rings. The molecule has 1 aromatic heterocycles. The lowest BCUT2D eigenvalue weighted by Crippen LogP contribution is -2.34. The Kier molecular flexibility index (Phi) is 6.29. The molecule has 0 radical (unpaired) electrons. The van der Waals surface area contributed by atoms with Gasteiger partial charge in [-0.25, -0.2) is 0 Å². The van der Waals surface area contributed by atoms with Crippen molar-refractivity contribution < 1.29 is 14.0 Å². The van der Waals surface area contributed by atoms with E-state index in [4.69, 9.17) is 16.0 Å². The number of hydrogen-bond donors (Lipinski definition) is 2. The van der Waals surface area contributed by atoms with Gasteiger partial charge in [-0.05, 0) is 48.9 Å². The van der Waals surface area contributed by atoms with Crippen LogP contribution in [0.2, 0.25) is 5.02 Å². The fourth-order valence-electron chi connectivity index (χ4n) is 2.48. The number of carbonyl (C=O) groups excluding carboxylic acids is 2. The minimum atomic E-state index is -0.447. The van der Waals surface area contributed by atoms with Crippen LogP contribution in [0.4, 0.5) is 0 Å². The standard InChI is InChI=1S/C22H19ClN2O3/c1-15-8-10-16(11-9-15)21(26)25-20(13-17-5-2-3-7-19(17)23)22(27)24-14-18-6-4-12-28-18/h2-13H,14H2,1H3,(H,24,27)(H,25,26)/b20-13+. The number of furan rings is 1. The van der Waals surface area contributed by atoms with Gasteiger partial charge >= 0.3 is 0 Å². The normalized spacial score (nSPS) is 11.1. The monoisotopic (exact) mass is 394 g/mol. The van der Waals surface area contributed by atoms with Gasteiger partial charge in [0.25, 0.3) is 11.8 Å². The highest BCUT2D eigenvalue weighted by Crippen LogP contribution is 2.18. The summed E-state index contributed by atoms with van der Waals surface area (Å²) in [6.45, 7) is 2.14. The first-order valence-electron chi connectivity index (χ1n) is 8.68. The number of benzene rings is 2. The molecule has 2 aromatic carbocycles. The summed E-state index contributed by atoms with van der Waals surface area (Å²) in [6, 6.07) is 17.7. The first-order valence-corrected chi connectivity index (χ1v) is 9.05. The maximum atomic E-state index is 12.7. The summed E-state index contributed by atoms with van der Waals surface area (Å²) in [4.78, 5) is 25.3. The maximum Gasteiger partial charge on any atom is 0.268 e. The van der Waals surface area contributed by atoms with Gasteiger partial charge in [-0.2, -0.15) is 0 Å². The summed E-state index contributed by atoms with van der Waals surface area (Å²) < 4.78 is 5.22.